The van der Waals surface area contributed by atoms with E-state index in [0.717, 1.165) is 0 Å². The van der Waals surface area contributed by atoms with Gasteiger partial charge < -0.3 is 4.74 Å². The molecule has 1 aromatic carbocycles. The third-order valence-electron chi connectivity index (χ3n) is 3.18. The Labute approximate surface area is 108 Å². The molecule has 0 spiro atoms. The fourth-order valence-corrected chi connectivity index (χ4v) is 2.39. The van der Waals surface area contributed by atoms with Gasteiger partial charge in [0.1, 0.15) is 0 Å². The number of methoxy groups -OCH3 is 1. The van der Waals surface area contributed by atoms with Gasteiger partial charge in [0.2, 0.25) is 0 Å². The van der Waals surface area contributed by atoms with E-state index in [1.807, 2.05) is 27.7 Å². The van der Waals surface area contributed by atoms with E-state index in [2.05, 4.69) is 0 Å². The lowest BCUT2D eigenvalue weighted by molar-refractivity contribution is 0.0839. The monoisotopic (exact) mass is 252 g/mol. The van der Waals surface area contributed by atoms with Crippen LogP contribution in [0, 0.1) is 23.6 Å². The second-order valence-corrected chi connectivity index (χ2v) is 5.23. The summed E-state index contributed by atoms with van der Waals surface area (Å²) in [6.07, 6.45) is 0. The van der Waals surface area contributed by atoms with Crippen LogP contribution in [-0.4, -0.2) is 12.9 Å². The zero-order valence-electron chi connectivity index (χ0n) is 11.7. The molecule has 0 atom stereocenters. The van der Waals surface area contributed by atoms with E-state index in [1.54, 1.807) is 6.07 Å². The predicted molar refractivity (Wildman–Crippen MR) is 70.4 cm³/mol. The number of hydrogen-bond acceptors (Lipinski definition) is 2. The summed E-state index contributed by atoms with van der Waals surface area (Å²) in [6.45, 7) is 8.07. The minimum Gasteiger partial charge on any atom is -0.494 e. The lowest BCUT2D eigenvalue weighted by Crippen LogP contribution is -2.25. The van der Waals surface area contributed by atoms with Gasteiger partial charge in [0.15, 0.2) is 17.3 Å². The summed E-state index contributed by atoms with van der Waals surface area (Å²) >= 11 is 0. The molecule has 0 N–H and O–H groups in total. The topological polar surface area (TPSA) is 26.3 Å². The second-order valence-electron chi connectivity index (χ2n) is 5.23. The normalized spacial score (nSPS) is 11.4. The lowest BCUT2D eigenvalue weighted by Gasteiger charge is -2.23. The minimum atomic E-state index is -0.491. The molecule has 0 saturated carbocycles. The SMILES string of the molecule is COc1ccc(C(=O)C(C(C)C)C(C)C)cc1F. The highest BCUT2D eigenvalue weighted by atomic mass is 19.1. The number of carbonyl (C=O) groups is 1. The first-order valence-electron chi connectivity index (χ1n) is 6.26. The Morgan fingerprint density at radius 3 is 2.11 bits per heavy atom. The number of ketones is 1. The molecule has 0 radical (unpaired) electrons. The summed E-state index contributed by atoms with van der Waals surface area (Å²) in [6, 6.07) is 4.39. The van der Waals surface area contributed by atoms with Crippen LogP contribution >= 0.6 is 0 Å². The van der Waals surface area contributed by atoms with Gasteiger partial charge in [-0.15, -0.1) is 0 Å². The molecule has 1 rings (SSSR count). The quantitative estimate of drug-likeness (QED) is 0.742. The summed E-state index contributed by atoms with van der Waals surface area (Å²) in [5.41, 5.74) is 0.417. The van der Waals surface area contributed by atoms with Crippen molar-refractivity contribution in [2.45, 2.75) is 27.7 Å². The van der Waals surface area contributed by atoms with Crippen molar-refractivity contribution in [3.05, 3.63) is 29.6 Å². The van der Waals surface area contributed by atoms with Crippen LogP contribution < -0.4 is 4.74 Å². The van der Waals surface area contributed by atoms with Crippen molar-refractivity contribution in [1.82, 2.24) is 0 Å². The van der Waals surface area contributed by atoms with Gasteiger partial charge in [0.25, 0.3) is 0 Å². The van der Waals surface area contributed by atoms with Crippen molar-refractivity contribution in [3.63, 3.8) is 0 Å². The molecule has 100 valence electrons. The van der Waals surface area contributed by atoms with Crippen molar-refractivity contribution in [2.24, 2.45) is 17.8 Å². The standard InChI is InChI=1S/C15H21FO2/c1-9(2)14(10(3)4)15(17)11-6-7-13(18-5)12(16)8-11/h6-10,14H,1-5H3. The lowest BCUT2D eigenvalue weighted by atomic mass is 9.80. The molecular weight excluding hydrogens is 231 g/mol. The molecule has 2 nitrogen and oxygen atoms in total. The van der Waals surface area contributed by atoms with E-state index >= 15 is 0 Å². The van der Waals surface area contributed by atoms with E-state index in [4.69, 9.17) is 4.74 Å². The number of Topliss-reactive ketones (excluding diaryl/α,β-unsaturated/α-hetero) is 1. The van der Waals surface area contributed by atoms with Crippen LogP contribution in [0.3, 0.4) is 0 Å². The van der Waals surface area contributed by atoms with E-state index in [-0.39, 0.29) is 29.3 Å². The Bertz CT molecular complexity index is 417. The molecule has 0 heterocycles. The number of rotatable bonds is 5. The number of halogens is 1. The molecule has 0 aliphatic heterocycles. The highest BCUT2D eigenvalue weighted by Gasteiger charge is 2.26. The van der Waals surface area contributed by atoms with Crippen LogP contribution in [0.5, 0.6) is 5.75 Å². The molecule has 18 heavy (non-hydrogen) atoms. The summed E-state index contributed by atoms with van der Waals surface area (Å²) in [5.74, 6) is 0.0662. The van der Waals surface area contributed by atoms with E-state index in [0.29, 0.717) is 5.56 Å². The Morgan fingerprint density at radius 1 is 1.17 bits per heavy atom. The van der Waals surface area contributed by atoms with Crippen molar-refractivity contribution in [1.29, 1.82) is 0 Å². The smallest absolute Gasteiger partial charge is 0.166 e. The highest BCUT2D eigenvalue weighted by Crippen LogP contribution is 2.27. The maximum atomic E-state index is 13.6. The molecule has 0 unspecified atom stereocenters. The predicted octanol–water partition coefficient (Wildman–Crippen LogP) is 3.95. The summed E-state index contributed by atoms with van der Waals surface area (Å²) < 4.78 is 18.4. The van der Waals surface area contributed by atoms with Crippen molar-refractivity contribution in [2.75, 3.05) is 7.11 Å². The highest BCUT2D eigenvalue weighted by molar-refractivity contribution is 5.98. The molecule has 1 aromatic rings. The van der Waals surface area contributed by atoms with Gasteiger partial charge in [-0.25, -0.2) is 4.39 Å². The molecule has 0 fully saturated rings. The van der Waals surface area contributed by atoms with Crippen molar-refractivity contribution < 1.29 is 13.9 Å². The largest absolute Gasteiger partial charge is 0.494 e. The first kappa shape index (κ1) is 14.7. The molecule has 0 saturated heterocycles. The number of ether oxygens (including phenoxy) is 1. The third-order valence-corrected chi connectivity index (χ3v) is 3.18. The van der Waals surface area contributed by atoms with E-state index in [1.165, 1.54) is 19.2 Å². The Morgan fingerprint density at radius 2 is 1.72 bits per heavy atom. The summed E-state index contributed by atoms with van der Waals surface area (Å²) in [4.78, 5) is 12.4. The zero-order valence-corrected chi connectivity index (χ0v) is 11.7. The molecular formula is C15H21FO2. The van der Waals surface area contributed by atoms with Crippen molar-refractivity contribution in [3.8, 4) is 5.75 Å². The first-order valence-corrected chi connectivity index (χ1v) is 6.26. The van der Waals surface area contributed by atoms with Gasteiger partial charge in [0.05, 0.1) is 7.11 Å². The van der Waals surface area contributed by atoms with Crippen LogP contribution in [0.1, 0.15) is 38.1 Å². The third kappa shape index (κ3) is 3.09. The summed E-state index contributed by atoms with van der Waals surface area (Å²) in [7, 11) is 1.41. The van der Waals surface area contributed by atoms with Gasteiger partial charge in [-0.2, -0.15) is 0 Å². The van der Waals surface area contributed by atoms with Crippen LogP contribution in [0.15, 0.2) is 18.2 Å². The number of carbonyl (C=O) groups excluding carboxylic acids is 1. The zero-order chi connectivity index (χ0) is 13.9. The Hall–Kier alpha value is -1.38. The molecule has 0 bridgehead atoms. The van der Waals surface area contributed by atoms with Gasteiger partial charge in [-0.3, -0.25) is 4.79 Å². The summed E-state index contributed by atoms with van der Waals surface area (Å²) in [5, 5.41) is 0. The van der Waals surface area contributed by atoms with Crippen molar-refractivity contribution >= 4 is 5.78 Å². The van der Waals surface area contributed by atoms with Gasteiger partial charge in [0, 0.05) is 11.5 Å². The van der Waals surface area contributed by atoms with Crippen LogP contribution in [0.25, 0.3) is 0 Å². The van der Waals surface area contributed by atoms with Crippen LogP contribution in [0.4, 0.5) is 4.39 Å². The van der Waals surface area contributed by atoms with Gasteiger partial charge >= 0.3 is 0 Å². The number of benzene rings is 1. The fraction of sp³-hybridized carbons (Fsp3) is 0.533. The fourth-order valence-electron chi connectivity index (χ4n) is 2.39. The van der Waals surface area contributed by atoms with E-state index < -0.39 is 5.82 Å². The van der Waals surface area contributed by atoms with E-state index in [9.17, 15) is 9.18 Å². The molecule has 0 amide bonds. The van der Waals surface area contributed by atoms with Crippen LogP contribution in [-0.2, 0) is 0 Å². The van der Waals surface area contributed by atoms with Gasteiger partial charge in [-0.05, 0) is 30.0 Å². The Kier molecular flexibility index (Phi) is 4.88. The second kappa shape index (κ2) is 5.98. The average molecular weight is 252 g/mol. The molecule has 0 aliphatic carbocycles. The first-order chi connectivity index (χ1) is 8.38. The maximum absolute atomic E-state index is 13.6. The molecule has 3 heteroatoms. The molecule has 0 aliphatic rings. The minimum absolute atomic E-state index is 0.00144. The number of hydrogen-bond donors (Lipinski definition) is 0. The molecule has 0 aromatic heterocycles. The van der Waals surface area contributed by atoms with Crippen LogP contribution in [0.2, 0.25) is 0 Å². The van der Waals surface area contributed by atoms with Gasteiger partial charge in [-0.1, -0.05) is 27.7 Å². The Balaban J connectivity index is 3.06. The average Bonchev–Trinajstić information content (AvgIpc) is 2.27. The maximum Gasteiger partial charge on any atom is 0.166 e.